The molecule has 0 radical (unpaired) electrons. The van der Waals surface area contributed by atoms with Crippen molar-refractivity contribution in [3.8, 4) is 0 Å². The van der Waals surface area contributed by atoms with E-state index in [1.807, 2.05) is 0 Å². The van der Waals surface area contributed by atoms with Crippen LogP contribution in [0.5, 0.6) is 0 Å². The third-order valence-electron chi connectivity index (χ3n) is 2.47. The summed E-state index contributed by atoms with van der Waals surface area (Å²) in [4.78, 5) is 0. The molecule has 0 saturated heterocycles. The van der Waals surface area contributed by atoms with Gasteiger partial charge in [-0.3, -0.25) is 0 Å². The molecule has 0 amide bonds. The predicted molar refractivity (Wildman–Crippen MR) is 63.2 cm³/mol. The van der Waals surface area contributed by atoms with Crippen LogP contribution < -0.4 is 0 Å². The molecule has 0 aliphatic rings. The molecule has 2 rings (SSSR count). The van der Waals surface area contributed by atoms with Crippen molar-refractivity contribution in [1.29, 1.82) is 0 Å². The quantitative estimate of drug-likeness (QED) is 0.640. The van der Waals surface area contributed by atoms with E-state index >= 15 is 0 Å². The standard InChI is InChI=1S/C12H13NS/c1-3-13-7-6-10-8-9(2)4-5-11(10)12(13)14/h4-8H,3H2,1-2H3. The average molecular weight is 203 g/mol. The first-order valence-corrected chi connectivity index (χ1v) is 5.23. The van der Waals surface area contributed by atoms with Gasteiger partial charge in [0.25, 0.3) is 0 Å². The van der Waals surface area contributed by atoms with Gasteiger partial charge in [-0.1, -0.05) is 36.0 Å². The molecule has 1 aromatic heterocycles. The minimum Gasteiger partial charge on any atom is -0.339 e. The van der Waals surface area contributed by atoms with Crippen molar-refractivity contribution in [3.05, 3.63) is 40.7 Å². The van der Waals surface area contributed by atoms with E-state index in [4.69, 9.17) is 12.2 Å². The molecule has 1 nitrogen and oxygen atoms in total. The maximum absolute atomic E-state index is 5.40. The van der Waals surface area contributed by atoms with Crippen molar-refractivity contribution in [1.82, 2.24) is 4.57 Å². The van der Waals surface area contributed by atoms with Crippen LogP contribution in [-0.2, 0) is 6.54 Å². The second-order valence-corrected chi connectivity index (χ2v) is 3.88. The summed E-state index contributed by atoms with van der Waals surface area (Å²) in [6.45, 7) is 5.14. The molecule has 0 aliphatic carbocycles. The summed E-state index contributed by atoms with van der Waals surface area (Å²) in [5, 5.41) is 2.41. The summed E-state index contributed by atoms with van der Waals surface area (Å²) in [5.41, 5.74) is 1.28. The van der Waals surface area contributed by atoms with Crippen LogP contribution in [0.4, 0.5) is 0 Å². The Morgan fingerprint density at radius 1 is 1.29 bits per heavy atom. The fourth-order valence-corrected chi connectivity index (χ4v) is 2.03. The second kappa shape index (κ2) is 3.54. The van der Waals surface area contributed by atoms with E-state index in [9.17, 15) is 0 Å². The van der Waals surface area contributed by atoms with E-state index in [2.05, 4.69) is 48.9 Å². The summed E-state index contributed by atoms with van der Waals surface area (Å²) in [6.07, 6.45) is 2.06. The second-order valence-electron chi connectivity index (χ2n) is 3.50. The largest absolute Gasteiger partial charge is 0.339 e. The minimum absolute atomic E-state index is 0.933. The average Bonchev–Trinajstić information content (AvgIpc) is 2.18. The van der Waals surface area contributed by atoms with E-state index in [-0.39, 0.29) is 0 Å². The molecule has 0 unspecified atom stereocenters. The normalized spacial score (nSPS) is 10.7. The third kappa shape index (κ3) is 1.46. The highest BCUT2D eigenvalue weighted by Crippen LogP contribution is 2.17. The highest BCUT2D eigenvalue weighted by atomic mass is 32.1. The van der Waals surface area contributed by atoms with Gasteiger partial charge in [-0.2, -0.15) is 0 Å². The Morgan fingerprint density at radius 2 is 2.07 bits per heavy atom. The third-order valence-corrected chi connectivity index (χ3v) is 2.93. The molecule has 1 aromatic carbocycles. The van der Waals surface area contributed by atoms with E-state index in [1.165, 1.54) is 16.3 Å². The fourth-order valence-electron chi connectivity index (χ4n) is 1.66. The highest BCUT2D eigenvalue weighted by molar-refractivity contribution is 7.71. The van der Waals surface area contributed by atoms with Crippen LogP contribution in [0.3, 0.4) is 0 Å². The number of benzene rings is 1. The molecule has 0 spiro atoms. The van der Waals surface area contributed by atoms with Crippen molar-refractivity contribution >= 4 is 23.0 Å². The van der Waals surface area contributed by atoms with Gasteiger partial charge in [-0.05, 0) is 25.3 Å². The van der Waals surface area contributed by atoms with Crippen molar-refractivity contribution < 1.29 is 0 Å². The summed E-state index contributed by atoms with van der Waals surface area (Å²) in [6, 6.07) is 8.52. The van der Waals surface area contributed by atoms with Gasteiger partial charge >= 0.3 is 0 Å². The van der Waals surface area contributed by atoms with Gasteiger partial charge < -0.3 is 4.57 Å². The number of hydrogen-bond acceptors (Lipinski definition) is 1. The van der Waals surface area contributed by atoms with Crippen LogP contribution in [0.25, 0.3) is 10.8 Å². The number of rotatable bonds is 1. The van der Waals surface area contributed by atoms with E-state index in [0.29, 0.717) is 0 Å². The van der Waals surface area contributed by atoms with Crippen LogP contribution in [0.1, 0.15) is 12.5 Å². The molecule has 14 heavy (non-hydrogen) atoms. The van der Waals surface area contributed by atoms with Gasteiger partial charge in [0.05, 0.1) is 0 Å². The Balaban J connectivity index is 2.84. The van der Waals surface area contributed by atoms with Crippen molar-refractivity contribution in [3.63, 3.8) is 0 Å². The number of aromatic nitrogens is 1. The molecule has 72 valence electrons. The van der Waals surface area contributed by atoms with Gasteiger partial charge in [0.15, 0.2) is 0 Å². The molecule has 2 aromatic rings. The lowest BCUT2D eigenvalue weighted by molar-refractivity contribution is 0.751. The topological polar surface area (TPSA) is 4.93 Å². The maximum atomic E-state index is 5.40. The first-order valence-electron chi connectivity index (χ1n) is 4.82. The van der Waals surface area contributed by atoms with Gasteiger partial charge in [-0.15, -0.1) is 0 Å². The first-order chi connectivity index (χ1) is 6.72. The van der Waals surface area contributed by atoms with Crippen LogP contribution in [0.15, 0.2) is 30.5 Å². The number of aryl methyl sites for hydroxylation is 2. The lowest BCUT2D eigenvalue weighted by atomic mass is 10.1. The Hall–Kier alpha value is -1.15. The molecule has 0 N–H and O–H groups in total. The van der Waals surface area contributed by atoms with Gasteiger partial charge in [0.1, 0.15) is 4.64 Å². The molecule has 0 saturated carbocycles. The van der Waals surface area contributed by atoms with Crippen LogP contribution >= 0.6 is 12.2 Å². The lowest BCUT2D eigenvalue weighted by Gasteiger charge is -2.06. The molecule has 0 bridgehead atoms. The monoisotopic (exact) mass is 203 g/mol. The molecular weight excluding hydrogens is 190 g/mol. The SMILES string of the molecule is CCn1ccc2cc(C)ccc2c1=S. The van der Waals surface area contributed by atoms with Crippen LogP contribution in [-0.4, -0.2) is 4.57 Å². The Morgan fingerprint density at radius 3 is 2.79 bits per heavy atom. The highest BCUT2D eigenvalue weighted by Gasteiger charge is 1.97. The molecular formula is C12H13NS. The first kappa shape index (κ1) is 9.41. The summed E-state index contributed by atoms with van der Waals surface area (Å²) >= 11 is 5.40. The minimum atomic E-state index is 0.933. The number of hydrogen-bond donors (Lipinski definition) is 0. The molecule has 1 heterocycles. The molecule has 2 heteroatoms. The predicted octanol–water partition coefficient (Wildman–Crippen LogP) is 3.70. The van der Waals surface area contributed by atoms with E-state index < -0.39 is 0 Å². The number of fused-ring (bicyclic) bond motifs is 1. The molecule has 0 fully saturated rings. The number of pyridine rings is 1. The zero-order valence-corrected chi connectivity index (χ0v) is 9.27. The van der Waals surface area contributed by atoms with E-state index in [1.54, 1.807) is 0 Å². The molecule has 0 aliphatic heterocycles. The Labute approximate surface area is 89.0 Å². The summed E-state index contributed by atoms with van der Waals surface area (Å²) in [7, 11) is 0. The van der Waals surface area contributed by atoms with Crippen molar-refractivity contribution in [2.45, 2.75) is 20.4 Å². The zero-order chi connectivity index (χ0) is 10.1. The van der Waals surface area contributed by atoms with Crippen molar-refractivity contribution in [2.24, 2.45) is 0 Å². The lowest BCUT2D eigenvalue weighted by Crippen LogP contribution is -1.96. The van der Waals surface area contributed by atoms with E-state index in [0.717, 1.165) is 11.2 Å². The molecule has 0 atom stereocenters. The summed E-state index contributed by atoms with van der Waals surface area (Å²) < 4.78 is 3.03. The zero-order valence-electron chi connectivity index (χ0n) is 8.45. The van der Waals surface area contributed by atoms with Crippen molar-refractivity contribution in [2.75, 3.05) is 0 Å². The van der Waals surface area contributed by atoms with Gasteiger partial charge in [0, 0.05) is 18.1 Å². The Bertz CT molecular complexity index is 525. The van der Waals surface area contributed by atoms with Crippen LogP contribution in [0.2, 0.25) is 0 Å². The van der Waals surface area contributed by atoms with Gasteiger partial charge in [-0.25, -0.2) is 0 Å². The van der Waals surface area contributed by atoms with Crippen LogP contribution in [0, 0.1) is 11.6 Å². The maximum Gasteiger partial charge on any atom is 0.113 e. The summed E-state index contributed by atoms with van der Waals surface area (Å²) in [5.74, 6) is 0. The smallest absolute Gasteiger partial charge is 0.113 e. The fraction of sp³-hybridized carbons (Fsp3) is 0.250. The van der Waals surface area contributed by atoms with Gasteiger partial charge in [0.2, 0.25) is 0 Å². The Kier molecular flexibility index (Phi) is 2.38. The number of nitrogens with zero attached hydrogens (tertiary/aromatic N) is 1.